The van der Waals surface area contributed by atoms with Crippen LogP contribution < -0.4 is 10.2 Å². The van der Waals surface area contributed by atoms with Crippen molar-refractivity contribution in [1.82, 2.24) is 0 Å². The lowest BCUT2D eigenvalue weighted by Crippen LogP contribution is -2.30. The van der Waals surface area contributed by atoms with Crippen LogP contribution in [-0.4, -0.2) is 37.0 Å². The molecule has 0 fully saturated rings. The van der Waals surface area contributed by atoms with E-state index in [1.165, 1.54) is 37.3 Å². The fourth-order valence-electron chi connectivity index (χ4n) is 2.40. The van der Waals surface area contributed by atoms with Gasteiger partial charge in [0.25, 0.3) is 11.6 Å². The molecule has 150 valence electrons. The van der Waals surface area contributed by atoms with E-state index in [-0.39, 0.29) is 21.8 Å². The Hall–Kier alpha value is -3.64. The van der Waals surface area contributed by atoms with Crippen LogP contribution in [-0.2, 0) is 9.53 Å². The molecule has 2 rings (SSSR count). The molecule has 10 heteroatoms. The van der Waals surface area contributed by atoms with E-state index >= 15 is 0 Å². The highest BCUT2D eigenvalue weighted by atomic mass is 35.5. The predicted octanol–water partition coefficient (Wildman–Crippen LogP) is 3.37. The largest absolute Gasteiger partial charge is 0.449 e. The minimum Gasteiger partial charge on any atom is -0.449 e. The van der Waals surface area contributed by atoms with Crippen molar-refractivity contribution >= 4 is 40.5 Å². The van der Waals surface area contributed by atoms with E-state index in [2.05, 4.69) is 5.32 Å². The van der Waals surface area contributed by atoms with Crippen LogP contribution in [0.5, 0.6) is 0 Å². The topological polar surface area (TPSA) is 126 Å². The number of esters is 1. The number of non-ortho nitro benzene ring substituents is 1. The van der Waals surface area contributed by atoms with E-state index in [4.69, 9.17) is 21.6 Å². The van der Waals surface area contributed by atoms with Crippen molar-refractivity contribution in [2.45, 2.75) is 13.0 Å². The second-order valence-corrected chi connectivity index (χ2v) is 6.60. The Morgan fingerprint density at radius 2 is 1.97 bits per heavy atom. The number of hydrogen-bond donors (Lipinski definition) is 1. The number of nitriles is 1. The number of ether oxygens (including phenoxy) is 1. The second-order valence-electron chi connectivity index (χ2n) is 6.20. The van der Waals surface area contributed by atoms with Crippen molar-refractivity contribution in [3.05, 3.63) is 62.7 Å². The smallest absolute Gasteiger partial charge is 0.341 e. The number of benzene rings is 2. The molecule has 2 aromatic rings. The standard InChI is InChI=1S/C19H17ClN4O5/c1-11(18(25)22-13-5-4-12(10-21)16(20)8-13)29-19(26)15-9-14(24(27)28)6-7-17(15)23(2)3/h4-9,11H,1-3H3,(H,22,25)/t11-/m0/s1. The van der Waals surface area contributed by atoms with Crippen LogP contribution in [0.1, 0.15) is 22.8 Å². The maximum atomic E-state index is 12.5. The van der Waals surface area contributed by atoms with E-state index in [1.807, 2.05) is 6.07 Å². The van der Waals surface area contributed by atoms with E-state index in [0.717, 1.165) is 6.07 Å². The zero-order chi connectivity index (χ0) is 21.7. The number of hydrogen-bond acceptors (Lipinski definition) is 7. The summed E-state index contributed by atoms with van der Waals surface area (Å²) in [5, 5.41) is 22.6. The van der Waals surface area contributed by atoms with Crippen molar-refractivity contribution in [1.29, 1.82) is 5.26 Å². The monoisotopic (exact) mass is 416 g/mol. The summed E-state index contributed by atoms with van der Waals surface area (Å²) in [5.41, 5.74) is 0.682. The second kappa shape index (κ2) is 9.03. The van der Waals surface area contributed by atoms with Gasteiger partial charge >= 0.3 is 5.97 Å². The zero-order valence-corrected chi connectivity index (χ0v) is 16.6. The van der Waals surface area contributed by atoms with E-state index in [0.29, 0.717) is 11.4 Å². The number of amides is 1. The van der Waals surface area contributed by atoms with E-state index in [9.17, 15) is 19.7 Å². The van der Waals surface area contributed by atoms with Gasteiger partial charge in [0, 0.05) is 31.9 Å². The molecule has 0 radical (unpaired) electrons. The minimum absolute atomic E-state index is 0.0368. The summed E-state index contributed by atoms with van der Waals surface area (Å²) in [6.45, 7) is 1.37. The molecule has 0 aliphatic carbocycles. The van der Waals surface area contributed by atoms with Gasteiger partial charge < -0.3 is 15.0 Å². The van der Waals surface area contributed by atoms with Gasteiger partial charge in [-0.05, 0) is 31.2 Å². The third-order valence-electron chi connectivity index (χ3n) is 3.90. The van der Waals surface area contributed by atoms with Gasteiger partial charge in [-0.1, -0.05) is 11.6 Å². The summed E-state index contributed by atoms with van der Waals surface area (Å²) in [7, 11) is 3.34. The van der Waals surface area contributed by atoms with Crippen LogP contribution in [0.3, 0.4) is 0 Å². The molecule has 29 heavy (non-hydrogen) atoms. The number of anilines is 2. The molecule has 2 aromatic carbocycles. The molecule has 0 unspecified atom stereocenters. The number of nitro groups is 1. The summed E-state index contributed by atoms with van der Waals surface area (Å²) in [4.78, 5) is 36.9. The van der Waals surface area contributed by atoms with E-state index in [1.54, 1.807) is 19.0 Å². The van der Waals surface area contributed by atoms with Crippen LogP contribution in [0, 0.1) is 21.4 Å². The summed E-state index contributed by atoms with van der Waals surface area (Å²) >= 11 is 5.93. The highest BCUT2D eigenvalue weighted by molar-refractivity contribution is 6.32. The number of rotatable bonds is 6. The number of nitrogens with zero attached hydrogens (tertiary/aromatic N) is 3. The lowest BCUT2D eigenvalue weighted by atomic mass is 10.1. The molecule has 0 heterocycles. The molecule has 0 aromatic heterocycles. The fraction of sp³-hybridized carbons (Fsp3) is 0.211. The van der Waals surface area contributed by atoms with Crippen molar-refractivity contribution in [3.8, 4) is 6.07 Å². The lowest BCUT2D eigenvalue weighted by molar-refractivity contribution is -0.384. The molecule has 1 atom stereocenters. The molecule has 0 aliphatic rings. The summed E-state index contributed by atoms with van der Waals surface area (Å²) in [6, 6.07) is 10.0. The van der Waals surface area contributed by atoms with Gasteiger partial charge in [-0.3, -0.25) is 14.9 Å². The predicted molar refractivity (Wildman–Crippen MR) is 107 cm³/mol. The Bertz CT molecular complexity index is 1020. The summed E-state index contributed by atoms with van der Waals surface area (Å²) in [6.07, 6.45) is -1.19. The zero-order valence-electron chi connectivity index (χ0n) is 15.8. The van der Waals surface area contributed by atoms with Crippen LogP contribution in [0.15, 0.2) is 36.4 Å². The first kappa shape index (κ1) is 21.7. The first-order valence-electron chi connectivity index (χ1n) is 8.31. The van der Waals surface area contributed by atoms with Gasteiger partial charge in [0.05, 0.1) is 26.8 Å². The molecule has 0 spiro atoms. The highest BCUT2D eigenvalue weighted by Crippen LogP contribution is 2.25. The molecule has 0 bridgehead atoms. The number of carbonyl (C=O) groups excluding carboxylic acids is 2. The third kappa shape index (κ3) is 5.21. The number of nitrogens with one attached hydrogen (secondary N) is 1. The van der Waals surface area contributed by atoms with Gasteiger partial charge in [-0.15, -0.1) is 0 Å². The average molecular weight is 417 g/mol. The molecule has 0 saturated carbocycles. The van der Waals surface area contributed by atoms with Crippen LogP contribution in [0.4, 0.5) is 17.1 Å². The minimum atomic E-state index is -1.19. The molecule has 9 nitrogen and oxygen atoms in total. The van der Waals surface area contributed by atoms with Gasteiger partial charge in [0.1, 0.15) is 6.07 Å². The third-order valence-corrected chi connectivity index (χ3v) is 4.22. The van der Waals surface area contributed by atoms with Gasteiger partial charge in [0.2, 0.25) is 0 Å². The van der Waals surface area contributed by atoms with Crippen LogP contribution >= 0.6 is 11.6 Å². The molecule has 1 amide bonds. The van der Waals surface area contributed by atoms with Crippen molar-refractivity contribution in [2.24, 2.45) is 0 Å². The van der Waals surface area contributed by atoms with Crippen molar-refractivity contribution in [3.63, 3.8) is 0 Å². The number of nitro benzene ring substituents is 1. The lowest BCUT2D eigenvalue weighted by Gasteiger charge is -2.18. The Balaban J connectivity index is 2.16. The number of carbonyl (C=O) groups is 2. The molecular weight excluding hydrogens is 400 g/mol. The summed E-state index contributed by atoms with van der Waals surface area (Å²) in [5.74, 6) is -1.51. The van der Waals surface area contributed by atoms with Gasteiger partial charge in [0.15, 0.2) is 6.10 Å². The Labute approximate surface area is 171 Å². The first-order chi connectivity index (χ1) is 13.6. The van der Waals surface area contributed by atoms with E-state index < -0.39 is 22.9 Å². The highest BCUT2D eigenvalue weighted by Gasteiger charge is 2.24. The van der Waals surface area contributed by atoms with Crippen LogP contribution in [0.2, 0.25) is 5.02 Å². The normalized spacial score (nSPS) is 11.1. The molecule has 0 aliphatic heterocycles. The Morgan fingerprint density at radius 1 is 1.28 bits per heavy atom. The van der Waals surface area contributed by atoms with Crippen molar-refractivity contribution < 1.29 is 19.2 Å². The maximum absolute atomic E-state index is 12.5. The van der Waals surface area contributed by atoms with Crippen molar-refractivity contribution in [2.75, 3.05) is 24.3 Å². The Morgan fingerprint density at radius 3 is 2.52 bits per heavy atom. The molecular formula is C19H17ClN4O5. The average Bonchev–Trinajstić information content (AvgIpc) is 2.67. The Kier molecular flexibility index (Phi) is 6.75. The number of halogens is 1. The summed E-state index contributed by atoms with van der Waals surface area (Å²) < 4.78 is 5.19. The fourth-order valence-corrected chi connectivity index (χ4v) is 2.62. The SMILES string of the molecule is C[C@H](OC(=O)c1cc([N+](=O)[O-])ccc1N(C)C)C(=O)Nc1ccc(C#N)c(Cl)c1. The maximum Gasteiger partial charge on any atom is 0.341 e. The van der Waals surface area contributed by atoms with Gasteiger partial charge in [-0.25, -0.2) is 4.79 Å². The first-order valence-corrected chi connectivity index (χ1v) is 8.69. The quantitative estimate of drug-likeness (QED) is 0.434. The van der Waals surface area contributed by atoms with Crippen LogP contribution in [0.25, 0.3) is 0 Å². The molecule has 0 saturated heterocycles. The molecule has 1 N–H and O–H groups in total. The van der Waals surface area contributed by atoms with Gasteiger partial charge in [-0.2, -0.15) is 5.26 Å².